The Morgan fingerprint density at radius 1 is 0.543 bits per heavy atom. The van der Waals surface area contributed by atoms with E-state index in [4.69, 9.17) is 21.8 Å². The van der Waals surface area contributed by atoms with Crippen molar-refractivity contribution in [2.45, 2.75) is 19.3 Å². The molecule has 0 saturated heterocycles. The zero-order valence-corrected chi connectivity index (χ0v) is 26.0. The number of aromatic nitrogens is 3. The predicted octanol–water partition coefficient (Wildman–Crippen LogP) is 11.2. The Hall–Kier alpha value is -5.45. The Balaban J connectivity index is 1.24. The van der Waals surface area contributed by atoms with Crippen LogP contribution in [-0.2, 0) is 5.41 Å². The summed E-state index contributed by atoms with van der Waals surface area (Å²) in [5.74, 6) is 1.74. The summed E-state index contributed by atoms with van der Waals surface area (Å²) in [5, 5.41) is 1.96. The van der Waals surface area contributed by atoms with Gasteiger partial charge in [0, 0.05) is 42.3 Å². The van der Waals surface area contributed by atoms with Gasteiger partial charge in [-0.15, -0.1) is 11.3 Å². The molecule has 8 aromatic rings. The number of fused-ring (bicyclic) bond motifs is 6. The van der Waals surface area contributed by atoms with E-state index in [1.807, 2.05) is 54.6 Å². The van der Waals surface area contributed by atoms with Crippen LogP contribution in [0.4, 0.5) is 0 Å². The molecular formula is C42H29N3S. The summed E-state index contributed by atoms with van der Waals surface area (Å²) < 4.78 is 43.7. The Morgan fingerprint density at radius 2 is 1.22 bits per heavy atom. The second-order valence-electron chi connectivity index (χ2n) is 12.1. The van der Waals surface area contributed by atoms with Crippen molar-refractivity contribution in [3.8, 4) is 56.4 Å². The fourth-order valence-corrected chi connectivity index (χ4v) is 8.16. The van der Waals surface area contributed by atoms with Gasteiger partial charge < -0.3 is 0 Å². The quantitative estimate of drug-likeness (QED) is 0.198. The zero-order chi connectivity index (χ0) is 35.2. The molecular weight excluding hydrogens is 579 g/mol. The molecule has 0 radical (unpaired) electrons. The number of hydrogen-bond donors (Lipinski definition) is 0. The highest BCUT2D eigenvalue weighted by Crippen LogP contribution is 2.51. The molecule has 0 amide bonds. The van der Waals surface area contributed by atoms with E-state index in [9.17, 15) is 0 Å². The van der Waals surface area contributed by atoms with Crippen LogP contribution in [-0.4, -0.2) is 15.0 Å². The molecule has 2 heterocycles. The minimum absolute atomic E-state index is 0.202. The molecule has 9 rings (SSSR count). The maximum absolute atomic E-state index is 8.63. The summed E-state index contributed by atoms with van der Waals surface area (Å²) in [4.78, 5) is 15.3. The minimum Gasteiger partial charge on any atom is -0.208 e. The van der Waals surface area contributed by atoms with Gasteiger partial charge in [-0.3, -0.25) is 0 Å². The molecule has 0 aliphatic heterocycles. The third-order valence-corrected chi connectivity index (χ3v) is 10.2. The fraction of sp³-hybridized carbons (Fsp3) is 0.0714. The van der Waals surface area contributed by atoms with E-state index >= 15 is 0 Å². The number of rotatable bonds is 4. The smallest absolute Gasteiger partial charge is 0.164 e. The Labute approximate surface area is 278 Å². The van der Waals surface area contributed by atoms with Crippen LogP contribution in [0.2, 0.25) is 0 Å². The van der Waals surface area contributed by atoms with Crippen molar-refractivity contribution in [1.29, 1.82) is 0 Å². The van der Waals surface area contributed by atoms with Crippen LogP contribution in [0.15, 0.2) is 139 Å². The lowest BCUT2D eigenvalue weighted by Gasteiger charge is -2.24. The van der Waals surface area contributed by atoms with Crippen LogP contribution in [0, 0.1) is 0 Å². The van der Waals surface area contributed by atoms with E-state index in [1.165, 1.54) is 33.6 Å². The van der Waals surface area contributed by atoms with Gasteiger partial charge in [-0.1, -0.05) is 147 Å². The summed E-state index contributed by atoms with van der Waals surface area (Å²) in [5.41, 5.74) is 8.16. The second kappa shape index (κ2) is 10.3. The lowest BCUT2D eigenvalue weighted by atomic mass is 9.80. The molecule has 0 spiro atoms. The van der Waals surface area contributed by atoms with Crippen LogP contribution in [0.3, 0.4) is 0 Å². The van der Waals surface area contributed by atoms with Crippen molar-refractivity contribution in [3.05, 3.63) is 151 Å². The van der Waals surface area contributed by atoms with Crippen LogP contribution in [0.1, 0.15) is 31.8 Å². The van der Waals surface area contributed by atoms with Gasteiger partial charge in [0.15, 0.2) is 17.5 Å². The maximum atomic E-state index is 8.63. The van der Waals surface area contributed by atoms with Gasteiger partial charge in [-0.25, -0.2) is 15.0 Å². The van der Waals surface area contributed by atoms with Crippen molar-refractivity contribution in [2.75, 3.05) is 0 Å². The summed E-state index contributed by atoms with van der Waals surface area (Å²) in [6.45, 7) is 4.52. The minimum atomic E-state index is -0.401. The fourth-order valence-electron chi connectivity index (χ4n) is 6.89. The molecule has 218 valence electrons. The monoisotopic (exact) mass is 612 g/mol. The molecule has 3 nitrogen and oxygen atoms in total. The SMILES string of the molecule is [2H]c1c([2H])c([2H])c(-c2cccc3c2sc2cc(-c4nc(-c5ccccc5)nc(-c5cccc6c5C(C)(C)c5ccccc5-6)n4)ccc23)c([2H])c1[2H]. The van der Waals surface area contributed by atoms with E-state index in [-0.39, 0.29) is 35.1 Å². The van der Waals surface area contributed by atoms with Gasteiger partial charge in [-0.05, 0) is 39.4 Å². The topological polar surface area (TPSA) is 38.7 Å². The first-order valence-corrected chi connectivity index (χ1v) is 16.0. The van der Waals surface area contributed by atoms with Gasteiger partial charge >= 0.3 is 0 Å². The first kappa shape index (κ1) is 22.1. The molecule has 0 atom stereocenters. The van der Waals surface area contributed by atoms with Gasteiger partial charge in [-0.2, -0.15) is 0 Å². The number of nitrogens with zero attached hydrogens (tertiary/aromatic N) is 3. The molecule has 0 fully saturated rings. The molecule has 1 aliphatic carbocycles. The molecule has 0 bridgehead atoms. The predicted molar refractivity (Wildman–Crippen MR) is 192 cm³/mol. The molecule has 46 heavy (non-hydrogen) atoms. The molecule has 2 aromatic heterocycles. The highest BCUT2D eigenvalue weighted by atomic mass is 32.1. The van der Waals surface area contributed by atoms with Crippen LogP contribution < -0.4 is 0 Å². The third-order valence-electron chi connectivity index (χ3n) is 9.01. The Kier molecular flexibility index (Phi) is 4.95. The summed E-state index contributed by atoms with van der Waals surface area (Å²) in [6.07, 6.45) is 0. The summed E-state index contributed by atoms with van der Waals surface area (Å²) in [7, 11) is 0. The van der Waals surface area contributed by atoms with Crippen molar-refractivity contribution < 1.29 is 6.85 Å². The number of benzene rings is 6. The van der Waals surface area contributed by atoms with Gasteiger partial charge in [0.05, 0.1) is 6.85 Å². The van der Waals surface area contributed by atoms with E-state index in [1.54, 1.807) is 0 Å². The summed E-state index contributed by atoms with van der Waals surface area (Å²) >= 11 is 1.53. The van der Waals surface area contributed by atoms with E-state index < -0.39 is 6.04 Å². The average molecular weight is 613 g/mol. The van der Waals surface area contributed by atoms with Crippen molar-refractivity contribution >= 4 is 31.5 Å². The van der Waals surface area contributed by atoms with Crippen molar-refractivity contribution in [2.24, 2.45) is 0 Å². The standard InChI is InChI=1S/C42H29N3S/c1-42(2)35-22-10-9-17-30(35)32-19-12-21-34(37(32)42)41-44-39(27-15-7-4-8-16-27)43-40(45-41)28-23-24-31-33-20-11-18-29(26-13-5-3-6-14-26)38(33)46-36(31)25-28/h3-25H,1-2H3/i3D,5D,6D,13D,14D. The molecule has 1 aliphatic rings. The van der Waals surface area contributed by atoms with Gasteiger partial charge in [0.25, 0.3) is 0 Å². The third kappa shape index (κ3) is 4.14. The number of hydrogen-bond acceptors (Lipinski definition) is 4. The summed E-state index contributed by atoms with van der Waals surface area (Å²) in [6, 6.07) is 35.2. The number of thiophene rings is 1. The normalized spacial score (nSPS) is 14.7. The maximum Gasteiger partial charge on any atom is 0.164 e. The first-order chi connectivity index (χ1) is 24.6. The largest absolute Gasteiger partial charge is 0.208 e. The highest BCUT2D eigenvalue weighted by Gasteiger charge is 2.38. The van der Waals surface area contributed by atoms with Crippen molar-refractivity contribution in [3.63, 3.8) is 0 Å². The molecule has 0 saturated carbocycles. The van der Waals surface area contributed by atoms with Crippen LogP contribution in [0.25, 0.3) is 76.6 Å². The average Bonchev–Trinajstić information content (AvgIpc) is 3.65. The lowest BCUT2D eigenvalue weighted by molar-refractivity contribution is 0.661. The van der Waals surface area contributed by atoms with E-state index in [2.05, 4.69) is 68.4 Å². The zero-order valence-electron chi connectivity index (χ0n) is 30.1. The van der Waals surface area contributed by atoms with Gasteiger partial charge in [0.1, 0.15) is 0 Å². The first-order valence-electron chi connectivity index (χ1n) is 17.7. The van der Waals surface area contributed by atoms with E-state index in [0.717, 1.165) is 36.9 Å². The van der Waals surface area contributed by atoms with Crippen molar-refractivity contribution in [1.82, 2.24) is 15.0 Å². The van der Waals surface area contributed by atoms with Gasteiger partial charge in [0.2, 0.25) is 0 Å². The second-order valence-corrected chi connectivity index (χ2v) is 13.1. The lowest BCUT2D eigenvalue weighted by Crippen LogP contribution is -2.17. The van der Waals surface area contributed by atoms with Crippen LogP contribution >= 0.6 is 11.3 Å². The van der Waals surface area contributed by atoms with Crippen LogP contribution in [0.5, 0.6) is 0 Å². The molecule has 4 heteroatoms. The Bertz CT molecular complexity index is 2710. The molecule has 6 aromatic carbocycles. The van der Waals surface area contributed by atoms with E-state index in [0.29, 0.717) is 23.0 Å². The molecule has 0 N–H and O–H groups in total. The Morgan fingerprint density at radius 3 is 2.07 bits per heavy atom. The molecule has 0 unspecified atom stereocenters. The highest BCUT2D eigenvalue weighted by molar-refractivity contribution is 7.26.